The number of hydrogen-bond acceptors (Lipinski definition) is 8. The van der Waals surface area contributed by atoms with Crippen molar-refractivity contribution < 1.29 is 27.6 Å². The Bertz CT molecular complexity index is 1100. The molecule has 31 heavy (non-hydrogen) atoms. The number of nitrogens with zero attached hydrogens (tertiary/aromatic N) is 3. The van der Waals surface area contributed by atoms with Crippen molar-refractivity contribution in [1.82, 2.24) is 9.88 Å². The number of oxime groups is 1. The fourth-order valence-corrected chi connectivity index (χ4v) is 5.30. The molecule has 0 N–H and O–H groups in total. The van der Waals surface area contributed by atoms with Crippen molar-refractivity contribution in [2.24, 2.45) is 5.16 Å². The van der Waals surface area contributed by atoms with Crippen LogP contribution in [0.3, 0.4) is 0 Å². The zero-order chi connectivity index (χ0) is 23.0. The third kappa shape index (κ3) is 4.84. The molecule has 0 bridgehead atoms. The highest BCUT2D eigenvalue weighted by Crippen LogP contribution is 2.40. The number of esters is 1. The van der Waals surface area contributed by atoms with E-state index in [0.717, 1.165) is 10.5 Å². The molecule has 0 aliphatic carbocycles. The molecule has 0 spiro atoms. The summed E-state index contributed by atoms with van der Waals surface area (Å²) in [4.78, 5) is 35.6. The third-order valence-corrected chi connectivity index (χ3v) is 6.50. The lowest BCUT2D eigenvalue weighted by atomic mass is 10.0. The van der Waals surface area contributed by atoms with Gasteiger partial charge in [-0.05, 0) is 64.0 Å². The van der Waals surface area contributed by atoms with Crippen LogP contribution >= 0.6 is 0 Å². The van der Waals surface area contributed by atoms with Gasteiger partial charge >= 0.3 is 5.97 Å². The largest absolute Gasteiger partial charge is 0.455 e. The minimum atomic E-state index is -3.71. The van der Waals surface area contributed by atoms with E-state index in [2.05, 4.69) is 10.1 Å². The molecule has 0 saturated carbocycles. The fraction of sp³-hybridized carbons (Fsp3) is 0.429. The molecule has 1 amide bonds. The van der Waals surface area contributed by atoms with Crippen molar-refractivity contribution in [3.05, 3.63) is 53.0 Å². The Morgan fingerprint density at radius 3 is 2.58 bits per heavy atom. The molecule has 0 aromatic carbocycles. The van der Waals surface area contributed by atoms with Crippen LogP contribution in [0, 0.1) is 0 Å². The van der Waals surface area contributed by atoms with Gasteiger partial charge in [-0.2, -0.15) is 0 Å². The van der Waals surface area contributed by atoms with Crippen molar-refractivity contribution in [2.45, 2.75) is 52.2 Å². The van der Waals surface area contributed by atoms with Crippen LogP contribution in [0.5, 0.6) is 0 Å². The Labute approximate surface area is 181 Å². The second kappa shape index (κ2) is 8.26. The third-order valence-electron chi connectivity index (χ3n) is 4.52. The summed E-state index contributed by atoms with van der Waals surface area (Å²) in [6.45, 7) is 8.42. The van der Waals surface area contributed by atoms with E-state index in [0.29, 0.717) is 5.71 Å². The van der Waals surface area contributed by atoms with Crippen molar-refractivity contribution >= 4 is 27.4 Å². The standard InChI is InChI=1S/C21H25N3O6S/c1-13-12-31(27,28)19-16(10-14(2)23-29-11-15-6-8-22-9-7-15)18(25)24(19)17(13)20(26)30-21(3,4)5/h6-10,19H,11-12H2,1-5H3/b16-10-,23-14-. The number of pyridine rings is 1. The summed E-state index contributed by atoms with van der Waals surface area (Å²) in [5.41, 5.74) is 0.727. The predicted molar refractivity (Wildman–Crippen MR) is 113 cm³/mol. The van der Waals surface area contributed by atoms with E-state index in [1.807, 2.05) is 0 Å². The van der Waals surface area contributed by atoms with Crippen LogP contribution in [0.4, 0.5) is 0 Å². The predicted octanol–water partition coefficient (Wildman–Crippen LogP) is 2.11. The van der Waals surface area contributed by atoms with Crippen LogP contribution in [0.25, 0.3) is 0 Å². The number of carbonyl (C=O) groups is 2. The molecule has 9 nitrogen and oxygen atoms in total. The number of rotatable bonds is 5. The average molecular weight is 448 g/mol. The molecule has 1 unspecified atom stereocenters. The number of ether oxygens (including phenoxy) is 1. The lowest BCUT2D eigenvalue weighted by molar-refractivity contribution is -0.155. The summed E-state index contributed by atoms with van der Waals surface area (Å²) in [6, 6.07) is 3.55. The zero-order valence-corrected chi connectivity index (χ0v) is 18.9. The lowest BCUT2D eigenvalue weighted by Crippen LogP contribution is -2.62. The Kier molecular flexibility index (Phi) is 6.04. The SMILES string of the molecule is CC1=C(C(=O)OC(C)(C)C)N2C(=O)/C(=C/C(C)=N\OCc3ccncc3)C2S(=O)(=O)C1. The van der Waals surface area contributed by atoms with Gasteiger partial charge in [-0.3, -0.25) is 14.7 Å². The topological polar surface area (TPSA) is 115 Å². The Morgan fingerprint density at radius 1 is 1.32 bits per heavy atom. The summed E-state index contributed by atoms with van der Waals surface area (Å²) in [6.07, 6.45) is 4.63. The molecule has 3 heterocycles. The van der Waals surface area contributed by atoms with Gasteiger partial charge in [0.25, 0.3) is 5.91 Å². The quantitative estimate of drug-likeness (QED) is 0.223. The van der Waals surface area contributed by atoms with E-state index in [4.69, 9.17) is 9.57 Å². The molecule has 2 aliphatic heterocycles. The molecular formula is C21H25N3O6S. The van der Waals surface area contributed by atoms with Crippen molar-refractivity contribution in [3.8, 4) is 0 Å². The molecule has 1 aromatic heterocycles. The summed E-state index contributed by atoms with van der Waals surface area (Å²) in [5, 5.41) is 2.69. The Morgan fingerprint density at radius 2 is 1.97 bits per heavy atom. The first-order valence-corrected chi connectivity index (χ1v) is 11.4. The minimum Gasteiger partial charge on any atom is -0.455 e. The highest BCUT2D eigenvalue weighted by atomic mass is 32.2. The number of sulfone groups is 1. The van der Waals surface area contributed by atoms with Gasteiger partial charge in [-0.1, -0.05) is 5.16 Å². The van der Waals surface area contributed by atoms with Crippen LogP contribution in [0.1, 0.15) is 40.2 Å². The number of aromatic nitrogens is 1. The second-order valence-corrected chi connectivity index (χ2v) is 10.5. The van der Waals surface area contributed by atoms with Gasteiger partial charge in [0.1, 0.15) is 17.9 Å². The molecule has 166 valence electrons. The van der Waals surface area contributed by atoms with Crippen molar-refractivity contribution in [3.63, 3.8) is 0 Å². The molecular weight excluding hydrogens is 422 g/mol. The highest BCUT2D eigenvalue weighted by molar-refractivity contribution is 7.92. The van der Waals surface area contributed by atoms with Crippen LogP contribution in [-0.4, -0.2) is 52.6 Å². The summed E-state index contributed by atoms with van der Waals surface area (Å²) >= 11 is 0. The fourth-order valence-electron chi connectivity index (χ4n) is 3.32. The van der Waals surface area contributed by atoms with Gasteiger partial charge in [-0.25, -0.2) is 13.2 Å². The van der Waals surface area contributed by atoms with Crippen LogP contribution in [-0.2, 0) is 35.6 Å². The van der Waals surface area contributed by atoms with E-state index >= 15 is 0 Å². The average Bonchev–Trinajstić information content (AvgIpc) is 2.64. The van der Waals surface area contributed by atoms with E-state index < -0.39 is 32.7 Å². The molecule has 1 fully saturated rings. The molecule has 1 atom stereocenters. The maximum absolute atomic E-state index is 12.8. The van der Waals surface area contributed by atoms with Gasteiger partial charge in [0, 0.05) is 12.4 Å². The normalized spacial score (nSPS) is 22.2. The first-order valence-electron chi connectivity index (χ1n) is 9.66. The van der Waals surface area contributed by atoms with Crippen molar-refractivity contribution in [1.29, 1.82) is 0 Å². The van der Waals surface area contributed by atoms with Crippen LogP contribution in [0.15, 0.2) is 52.6 Å². The van der Waals surface area contributed by atoms with Crippen LogP contribution in [0.2, 0.25) is 0 Å². The number of hydrogen-bond donors (Lipinski definition) is 0. The molecule has 2 aliphatic rings. The molecule has 3 rings (SSSR count). The number of allylic oxidation sites excluding steroid dienone is 1. The van der Waals surface area contributed by atoms with E-state index in [9.17, 15) is 18.0 Å². The van der Waals surface area contributed by atoms with Gasteiger partial charge in [-0.15, -0.1) is 0 Å². The first-order chi connectivity index (χ1) is 14.4. The lowest BCUT2D eigenvalue weighted by Gasteiger charge is -2.45. The number of amides is 1. The van der Waals surface area contributed by atoms with Gasteiger partial charge in [0.15, 0.2) is 15.2 Å². The van der Waals surface area contributed by atoms with Gasteiger partial charge in [0.2, 0.25) is 0 Å². The summed E-state index contributed by atoms with van der Waals surface area (Å²) in [7, 11) is -3.71. The number of β-lactam (4-membered cyclic amide) rings is 1. The molecule has 1 aromatic rings. The zero-order valence-electron chi connectivity index (χ0n) is 18.1. The highest BCUT2D eigenvalue weighted by Gasteiger charge is 2.56. The smallest absolute Gasteiger partial charge is 0.355 e. The van der Waals surface area contributed by atoms with Gasteiger partial charge in [0.05, 0.1) is 17.0 Å². The van der Waals surface area contributed by atoms with Gasteiger partial charge < -0.3 is 9.57 Å². The maximum Gasteiger partial charge on any atom is 0.355 e. The first kappa shape index (κ1) is 22.7. The molecule has 1 saturated heterocycles. The maximum atomic E-state index is 12.8. The summed E-state index contributed by atoms with van der Waals surface area (Å²) in [5.74, 6) is -1.62. The van der Waals surface area contributed by atoms with E-state index in [1.165, 1.54) is 13.0 Å². The Balaban J connectivity index is 1.82. The van der Waals surface area contributed by atoms with Crippen molar-refractivity contribution in [2.75, 3.05) is 5.75 Å². The summed E-state index contributed by atoms with van der Waals surface area (Å²) < 4.78 is 30.9. The van der Waals surface area contributed by atoms with Crippen LogP contribution < -0.4 is 0 Å². The Hall–Kier alpha value is -3.01. The molecule has 10 heteroatoms. The van der Waals surface area contributed by atoms with E-state index in [-0.39, 0.29) is 29.2 Å². The second-order valence-electron chi connectivity index (χ2n) is 8.43. The minimum absolute atomic E-state index is 0.0135. The van der Waals surface area contributed by atoms with E-state index in [1.54, 1.807) is 52.2 Å². The monoisotopic (exact) mass is 447 g/mol. The number of carbonyl (C=O) groups excluding carboxylic acids is 2. The molecule has 0 radical (unpaired) electrons. The number of fused-ring (bicyclic) bond motifs is 1.